The molecule has 1 N–H and O–H groups in total. The molecule has 1 fully saturated rings. The molecule has 0 bridgehead atoms. The molecule has 0 atom stereocenters. The summed E-state index contributed by atoms with van der Waals surface area (Å²) in [4.78, 5) is 4.52. The number of anilines is 1. The van der Waals surface area contributed by atoms with Crippen molar-refractivity contribution in [2.45, 2.75) is 31.6 Å². The topological polar surface area (TPSA) is 51.0 Å². The first-order valence-corrected chi connectivity index (χ1v) is 6.61. The van der Waals surface area contributed by atoms with Gasteiger partial charge < -0.3 is 9.84 Å². The highest BCUT2D eigenvalue weighted by molar-refractivity contribution is 5.66. The van der Waals surface area contributed by atoms with E-state index in [0.717, 1.165) is 24.4 Å². The number of rotatable bonds is 2. The molecule has 1 aromatic heterocycles. The van der Waals surface area contributed by atoms with E-state index in [2.05, 4.69) is 33.7 Å². The number of nitrogens with zero attached hydrogens (tertiary/aromatic N) is 2. The van der Waals surface area contributed by atoms with Crippen LogP contribution in [0.1, 0.15) is 36.6 Å². The molecule has 4 heteroatoms. The van der Waals surface area contributed by atoms with Gasteiger partial charge in [0.2, 0.25) is 0 Å². The number of benzene rings is 1. The number of fused-ring (bicyclic) bond motifs is 1. The predicted molar refractivity (Wildman–Crippen MR) is 68.5 cm³/mol. The monoisotopic (exact) mass is 241 g/mol. The molecule has 0 spiro atoms. The third kappa shape index (κ3) is 1.52. The van der Waals surface area contributed by atoms with Crippen molar-refractivity contribution in [1.29, 1.82) is 0 Å². The van der Waals surface area contributed by atoms with E-state index in [1.54, 1.807) is 0 Å². The Bertz CT molecular complexity index is 586. The van der Waals surface area contributed by atoms with Crippen molar-refractivity contribution in [3.8, 4) is 11.5 Å². The second kappa shape index (κ2) is 3.83. The van der Waals surface area contributed by atoms with Gasteiger partial charge in [0.15, 0.2) is 5.82 Å². The van der Waals surface area contributed by atoms with Crippen LogP contribution in [0.15, 0.2) is 22.7 Å². The van der Waals surface area contributed by atoms with Gasteiger partial charge in [0.25, 0.3) is 5.89 Å². The van der Waals surface area contributed by atoms with E-state index in [0.29, 0.717) is 11.8 Å². The summed E-state index contributed by atoms with van der Waals surface area (Å²) in [6, 6.07) is 6.34. The van der Waals surface area contributed by atoms with Crippen molar-refractivity contribution in [3.05, 3.63) is 29.6 Å². The zero-order valence-corrected chi connectivity index (χ0v) is 10.1. The molecule has 0 saturated heterocycles. The zero-order chi connectivity index (χ0) is 11.9. The van der Waals surface area contributed by atoms with Crippen LogP contribution in [0.25, 0.3) is 11.5 Å². The van der Waals surface area contributed by atoms with E-state index in [4.69, 9.17) is 4.52 Å². The van der Waals surface area contributed by atoms with Gasteiger partial charge in [-0.3, -0.25) is 0 Å². The molecule has 2 heterocycles. The van der Waals surface area contributed by atoms with Gasteiger partial charge in [-0.1, -0.05) is 17.6 Å². The molecule has 18 heavy (non-hydrogen) atoms. The SMILES string of the molecule is c1cc2c(cc1-c1nc(C3CCC3)no1)NCC2. The van der Waals surface area contributed by atoms with Crippen LogP contribution in [0, 0.1) is 0 Å². The van der Waals surface area contributed by atoms with Crippen molar-refractivity contribution >= 4 is 5.69 Å². The molecule has 92 valence electrons. The third-order valence-corrected chi connectivity index (χ3v) is 3.98. The summed E-state index contributed by atoms with van der Waals surface area (Å²) in [7, 11) is 0. The van der Waals surface area contributed by atoms with Gasteiger partial charge in [-0.25, -0.2) is 0 Å². The molecule has 0 amide bonds. The summed E-state index contributed by atoms with van der Waals surface area (Å²) >= 11 is 0. The summed E-state index contributed by atoms with van der Waals surface area (Å²) in [6.45, 7) is 1.02. The lowest BCUT2D eigenvalue weighted by molar-refractivity contribution is 0.366. The average molecular weight is 241 g/mol. The van der Waals surface area contributed by atoms with Crippen molar-refractivity contribution in [2.75, 3.05) is 11.9 Å². The largest absolute Gasteiger partial charge is 0.384 e. The highest BCUT2D eigenvalue weighted by atomic mass is 16.5. The minimum Gasteiger partial charge on any atom is -0.384 e. The first-order valence-electron chi connectivity index (χ1n) is 6.61. The number of hydrogen-bond acceptors (Lipinski definition) is 4. The summed E-state index contributed by atoms with van der Waals surface area (Å²) in [5.41, 5.74) is 3.59. The third-order valence-electron chi connectivity index (χ3n) is 3.98. The maximum atomic E-state index is 5.38. The highest BCUT2D eigenvalue weighted by Crippen LogP contribution is 2.36. The van der Waals surface area contributed by atoms with E-state index < -0.39 is 0 Å². The van der Waals surface area contributed by atoms with E-state index in [1.807, 2.05) is 0 Å². The Morgan fingerprint density at radius 3 is 3.06 bits per heavy atom. The molecular weight excluding hydrogens is 226 g/mol. The highest BCUT2D eigenvalue weighted by Gasteiger charge is 2.25. The normalized spacial score (nSPS) is 18.2. The smallest absolute Gasteiger partial charge is 0.258 e. The van der Waals surface area contributed by atoms with Gasteiger partial charge in [0.05, 0.1) is 0 Å². The fourth-order valence-corrected chi connectivity index (χ4v) is 2.61. The molecule has 2 aliphatic rings. The maximum Gasteiger partial charge on any atom is 0.258 e. The van der Waals surface area contributed by atoms with Gasteiger partial charge in [0, 0.05) is 23.7 Å². The molecule has 0 unspecified atom stereocenters. The van der Waals surface area contributed by atoms with Crippen molar-refractivity contribution in [3.63, 3.8) is 0 Å². The Kier molecular flexibility index (Phi) is 2.15. The lowest BCUT2D eigenvalue weighted by atomic mass is 9.85. The first kappa shape index (κ1) is 10.1. The molecule has 4 rings (SSSR count). The lowest BCUT2D eigenvalue weighted by Gasteiger charge is -2.20. The van der Waals surface area contributed by atoms with Crippen LogP contribution in [0.5, 0.6) is 0 Å². The molecule has 1 aliphatic heterocycles. The van der Waals surface area contributed by atoms with E-state index in [-0.39, 0.29) is 0 Å². The zero-order valence-electron chi connectivity index (χ0n) is 10.1. The Labute approximate surface area is 105 Å². The fraction of sp³-hybridized carbons (Fsp3) is 0.429. The Morgan fingerprint density at radius 1 is 1.28 bits per heavy atom. The summed E-state index contributed by atoms with van der Waals surface area (Å²) in [5.74, 6) is 2.05. The number of nitrogens with one attached hydrogen (secondary N) is 1. The Morgan fingerprint density at radius 2 is 2.22 bits per heavy atom. The predicted octanol–water partition coefficient (Wildman–Crippen LogP) is 2.97. The molecule has 4 nitrogen and oxygen atoms in total. The number of hydrogen-bond donors (Lipinski definition) is 1. The molecule has 2 aromatic rings. The average Bonchev–Trinajstić information content (AvgIpc) is 2.93. The van der Waals surface area contributed by atoms with Crippen LogP contribution >= 0.6 is 0 Å². The van der Waals surface area contributed by atoms with E-state index >= 15 is 0 Å². The molecule has 1 aliphatic carbocycles. The van der Waals surface area contributed by atoms with Gasteiger partial charge in [-0.15, -0.1) is 0 Å². The Hall–Kier alpha value is -1.84. The maximum absolute atomic E-state index is 5.38. The van der Waals surface area contributed by atoms with Gasteiger partial charge in [-0.05, 0) is 37.0 Å². The summed E-state index contributed by atoms with van der Waals surface area (Å²) < 4.78 is 5.38. The minimum atomic E-state index is 0.523. The number of aromatic nitrogens is 2. The minimum absolute atomic E-state index is 0.523. The van der Waals surface area contributed by atoms with Crippen molar-refractivity contribution in [1.82, 2.24) is 10.1 Å². The molecule has 1 saturated carbocycles. The quantitative estimate of drug-likeness (QED) is 0.878. The van der Waals surface area contributed by atoms with Gasteiger partial charge in [0.1, 0.15) is 0 Å². The van der Waals surface area contributed by atoms with Crippen LogP contribution in [0.3, 0.4) is 0 Å². The lowest BCUT2D eigenvalue weighted by Crippen LogP contribution is -2.10. The second-order valence-electron chi connectivity index (χ2n) is 5.13. The van der Waals surface area contributed by atoms with Gasteiger partial charge >= 0.3 is 0 Å². The second-order valence-corrected chi connectivity index (χ2v) is 5.13. The standard InChI is InChI=1S/C14H15N3O/c1-2-10(3-1)13-16-14(18-17-13)11-5-4-9-6-7-15-12(9)8-11/h4-5,8,10,15H,1-3,6-7H2. The van der Waals surface area contributed by atoms with Gasteiger partial charge in [-0.2, -0.15) is 4.98 Å². The van der Waals surface area contributed by atoms with Crippen molar-refractivity contribution in [2.24, 2.45) is 0 Å². The van der Waals surface area contributed by atoms with E-state index in [9.17, 15) is 0 Å². The fourth-order valence-electron chi connectivity index (χ4n) is 2.61. The Balaban J connectivity index is 1.67. The summed E-state index contributed by atoms with van der Waals surface area (Å²) in [6.07, 6.45) is 4.79. The van der Waals surface area contributed by atoms with Crippen molar-refractivity contribution < 1.29 is 4.52 Å². The molecular formula is C14H15N3O. The van der Waals surface area contributed by atoms with Crippen LogP contribution in [-0.2, 0) is 6.42 Å². The van der Waals surface area contributed by atoms with Crippen LogP contribution in [-0.4, -0.2) is 16.7 Å². The van der Waals surface area contributed by atoms with E-state index in [1.165, 1.54) is 30.5 Å². The van der Waals surface area contributed by atoms with Crippen LogP contribution in [0.4, 0.5) is 5.69 Å². The molecule has 1 aromatic carbocycles. The van der Waals surface area contributed by atoms with Crippen LogP contribution in [0.2, 0.25) is 0 Å². The first-order chi connectivity index (χ1) is 8.90. The van der Waals surface area contributed by atoms with Crippen LogP contribution < -0.4 is 5.32 Å². The molecule has 0 radical (unpaired) electrons. The summed E-state index contributed by atoms with van der Waals surface area (Å²) in [5, 5.41) is 7.47.